The fourth-order valence-corrected chi connectivity index (χ4v) is 3.04. The number of carbonyl (C=O) groups is 2. The minimum atomic E-state index is -0.728. The fraction of sp³-hybridized carbons (Fsp3) is 0.182. The van der Waals surface area contributed by atoms with Crippen molar-refractivity contribution in [1.82, 2.24) is 0 Å². The average Bonchev–Trinajstić information content (AvgIpc) is 2.66. The smallest absolute Gasteiger partial charge is 0.227 e. The van der Waals surface area contributed by atoms with Crippen molar-refractivity contribution in [3.8, 4) is 0 Å². The molecule has 0 radical (unpaired) electrons. The van der Waals surface area contributed by atoms with Crippen LogP contribution in [-0.4, -0.2) is 21.8 Å². The van der Waals surface area contributed by atoms with Gasteiger partial charge in [0.15, 0.2) is 11.5 Å². The van der Waals surface area contributed by atoms with Crippen LogP contribution < -0.4 is 0 Å². The van der Waals surface area contributed by atoms with Gasteiger partial charge in [-0.3, -0.25) is 9.59 Å². The molecule has 0 amide bonds. The van der Waals surface area contributed by atoms with Crippen molar-refractivity contribution in [1.29, 1.82) is 0 Å². The molecular weight excluding hydrogens is 328 g/mol. The minimum absolute atomic E-state index is 0.0234. The Hall–Kier alpha value is -3.14. The molecule has 4 nitrogen and oxygen atoms in total. The molecule has 1 aliphatic rings. The van der Waals surface area contributed by atoms with Crippen LogP contribution in [0.3, 0.4) is 0 Å². The van der Waals surface area contributed by atoms with Crippen molar-refractivity contribution in [3.05, 3.63) is 94.5 Å². The maximum atomic E-state index is 11.9. The highest BCUT2D eigenvalue weighted by molar-refractivity contribution is 6.20. The summed E-state index contributed by atoms with van der Waals surface area (Å²) in [6.07, 6.45) is 3.32. The van der Waals surface area contributed by atoms with Crippen LogP contribution in [0.25, 0.3) is 0 Å². The van der Waals surface area contributed by atoms with E-state index in [-0.39, 0.29) is 12.0 Å². The molecule has 0 aliphatic heterocycles. The van der Waals surface area contributed by atoms with E-state index >= 15 is 0 Å². The summed E-state index contributed by atoms with van der Waals surface area (Å²) in [6.45, 7) is 0. The Morgan fingerprint density at radius 2 is 1.27 bits per heavy atom. The molecule has 4 heteroatoms. The van der Waals surface area contributed by atoms with E-state index in [9.17, 15) is 19.8 Å². The Labute approximate surface area is 152 Å². The monoisotopic (exact) mass is 348 g/mol. The molecule has 0 aromatic heterocycles. The van der Waals surface area contributed by atoms with Gasteiger partial charge in [-0.2, -0.15) is 0 Å². The summed E-state index contributed by atoms with van der Waals surface area (Å²) >= 11 is 0. The second kappa shape index (κ2) is 7.83. The van der Waals surface area contributed by atoms with Crippen molar-refractivity contribution in [2.24, 2.45) is 0 Å². The molecule has 2 N–H and O–H groups in total. The van der Waals surface area contributed by atoms with Crippen molar-refractivity contribution in [2.75, 3.05) is 0 Å². The van der Waals surface area contributed by atoms with Gasteiger partial charge < -0.3 is 10.2 Å². The fourth-order valence-electron chi connectivity index (χ4n) is 3.04. The molecule has 26 heavy (non-hydrogen) atoms. The Morgan fingerprint density at radius 3 is 1.96 bits per heavy atom. The highest BCUT2D eigenvalue weighted by atomic mass is 16.3. The van der Waals surface area contributed by atoms with Crippen molar-refractivity contribution < 1.29 is 19.8 Å². The first-order valence-electron chi connectivity index (χ1n) is 8.58. The maximum absolute atomic E-state index is 11.9. The standard InChI is InChI=1S/C22H20O4/c23-19-14-20(24)22(26)18(21(19)25)12-11-17-8-4-7-16(13-17)10-9-15-5-2-1-3-6-15/h1-8,13-14,23,26H,9-12H2. The molecule has 1 aliphatic carbocycles. The zero-order valence-electron chi connectivity index (χ0n) is 14.3. The minimum Gasteiger partial charge on any atom is -0.504 e. The topological polar surface area (TPSA) is 74.6 Å². The molecular formula is C22H20O4. The number of aryl methyl sites for hydroxylation is 3. The van der Waals surface area contributed by atoms with E-state index in [0.717, 1.165) is 24.5 Å². The number of allylic oxidation sites excluding steroid dienone is 2. The van der Waals surface area contributed by atoms with Crippen LogP contribution in [0.5, 0.6) is 0 Å². The van der Waals surface area contributed by atoms with Crippen molar-refractivity contribution >= 4 is 11.6 Å². The molecule has 3 rings (SSSR count). The van der Waals surface area contributed by atoms with Crippen LogP contribution in [0.1, 0.15) is 23.1 Å². The Bertz CT molecular complexity index is 891. The molecule has 0 spiro atoms. The number of Topliss-reactive ketones (excluding diaryl/α,β-unsaturated/α-hetero) is 1. The third-order valence-electron chi connectivity index (χ3n) is 4.49. The first-order chi connectivity index (χ1) is 12.5. The molecule has 0 bridgehead atoms. The van der Waals surface area contributed by atoms with E-state index in [1.807, 2.05) is 30.3 Å². The highest BCUT2D eigenvalue weighted by Gasteiger charge is 2.27. The third kappa shape index (κ3) is 4.09. The van der Waals surface area contributed by atoms with E-state index in [1.165, 1.54) is 11.1 Å². The lowest BCUT2D eigenvalue weighted by atomic mass is 9.93. The first-order valence-corrected chi connectivity index (χ1v) is 8.58. The average molecular weight is 348 g/mol. The number of hydrogen-bond acceptors (Lipinski definition) is 4. The normalized spacial score (nSPS) is 14.5. The van der Waals surface area contributed by atoms with Crippen LogP contribution in [0.15, 0.2) is 77.8 Å². The molecule has 0 saturated carbocycles. The molecule has 0 fully saturated rings. The Kier molecular flexibility index (Phi) is 5.32. The van der Waals surface area contributed by atoms with Gasteiger partial charge in [-0.15, -0.1) is 0 Å². The maximum Gasteiger partial charge on any atom is 0.227 e. The van der Waals surface area contributed by atoms with Crippen LogP contribution >= 0.6 is 0 Å². The SMILES string of the molecule is O=C1C=C(O)C(=O)C(CCc2cccc(CCc3ccccc3)c2)=C1O. The number of aliphatic hydroxyl groups excluding tert-OH is 2. The lowest BCUT2D eigenvalue weighted by molar-refractivity contribution is -0.119. The molecule has 0 saturated heterocycles. The van der Waals surface area contributed by atoms with Crippen LogP contribution in [0.2, 0.25) is 0 Å². The summed E-state index contributed by atoms with van der Waals surface area (Å²) in [5, 5.41) is 19.3. The van der Waals surface area contributed by atoms with E-state index in [4.69, 9.17) is 0 Å². The molecule has 2 aromatic rings. The zero-order valence-corrected chi connectivity index (χ0v) is 14.3. The predicted octanol–water partition coefficient (Wildman–Crippen LogP) is 3.81. The number of carbonyl (C=O) groups excluding carboxylic acids is 2. The van der Waals surface area contributed by atoms with Gasteiger partial charge in [-0.25, -0.2) is 0 Å². The van der Waals surface area contributed by atoms with Crippen LogP contribution in [-0.2, 0) is 28.9 Å². The van der Waals surface area contributed by atoms with Crippen molar-refractivity contribution in [2.45, 2.75) is 25.7 Å². The summed E-state index contributed by atoms with van der Waals surface area (Å²) < 4.78 is 0. The predicted molar refractivity (Wildman–Crippen MR) is 99.0 cm³/mol. The summed E-state index contributed by atoms with van der Waals surface area (Å²) in [7, 11) is 0. The number of rotatable bonds is 6. The van der Waals surface area contributed by atoms with Gasteiger partial charge in [0.1, 0.15) is 0 Å². The molecule has 2 aromatic carbocycles. The van der Waals surface area contributed by atoms with Gasteiger partial charge in [0.25, 0.3) is 0 Å². The van der Waals surface area contributed by atoms with Gasteiger partial charge in [0.2, 0.25) is 11.6 Å². The number of hydrogen-bond donors (Lipinski definition) is 2. The van der Waals surface area contributed by atoms with Crippen molar-refractivity contribution in [3.63, 3.8) is 0 Å². The van der Waals surface area contributed by atoms with E-state index in [0.29, 0.717) is 6.42 Å². The summed E-state index contributed by atoms with van der Waals surface area (Å²) in [6, 6.07) is 18.3. The second-order valence-corrected chi connectivity index (χ2v) is 6.36. The molecule has 0 atom stereocenters. The van der Waals surface area contributed by atoms with Gasteiger partial charge >= 0.3 is 0 Å². The molecule has 0 heterocycles. The lowest BCUT2D eigenvalue weighted by Crippen LogP contribution is -2.19. The Balaban J connectivity index is 1.65. The zero-order chi connectivity index (χ0) is 18.5. The lowest BCUT2D eigenvalue weighted by Gasteiger charge is -2.12. The van der Waals surface area contributed by atoms with E-state index in [2.05, 4.69) is 24.3 Å². The van der Waals surface area contributed by atoms with Gasteiger partial charge in [0, 0.05) is 11.6 Å². The first kappa shape index (κ1) is 17.7. The number of benzene rings is 2. The van der Waals surface area contributed by atoms with Crippen LogP contribution in [0.4, 0.5) is 0 Å². The summed E-state index contributed by atoms with van der Waals surface area (Å²) in [5.74, 6) is -2.58. The van der Waals surface area contributed by atoms with E-state index < -0.39 is 23.1 Å². The molecule has 0 unspecified atom stereocenters. The molecule has 132 valence electrons. The third-order valence-corrected chi connectivity index (χ3v) is 4.49. The number of aliphatic hydroxyl groups is 2. The van der Waals surface area contributed by atoms with Gasteiger partial charge in [-0.1, -0.05) is 54.6 Å². The highest BCUT2D eigenvalue weighted by Crippen LogP contribution is 2.21. The van der Waals surface area contributed by atoms with Gasteiger partial charge in [0.05, 0.1) is 0 Å². The Morgan fingerprint density at radius 1 is 0.692 bits per heavy atom. The summed E-state index contributed by atoms with van der Waals surface area (Å²) in [4.78, 5) is 23.5. The van der Waals surface area contributed by atoms with Gasteiger partial charge in [-0.05, 0) is 42.4 Å². The summed E-state index contributed by atoms with van der Waals surface area (Å²) in [5.41, 5.74) is 3.47. The largest absolute Gasteiger partial charge is 0.504 e. The van der Waals surface area contributed by atoms with E-state index in [1.54, 1.807) is 0 Å². The second-order valence-electron chi connectivity index (χ2n) is 6.36. The van der Waals surface area contributed by atoms with Crippen LogP contribution in [0, 0.1) is 0 Å². The quantitative estimate of drug-likeness (QED) is 0.779. The number of ketones is 2.